The van der Waals surface area contributed by atoms with Gasteiger partial charge in [0.1, 0.15) is 10.7 Å². The minimum Gasteiger partial charge on any atom is -0.478 e. The van der Waals surface area contributed by atoms with Crippen LogP contribution in [0.25, 0.3) is 0 Å². The summed E-state index contributed by atoms with van der Waals surface area (Å²) < 4.78 is 48.2. The molecule has 15 heavy (non-hydrogen) atoms. The van der Waals surface area contributed by atoms with Crippen molar-refractivity contribution in [3.8, 4) is 0 Å². The lowest BCUT2D eigenvalue weighted by Crippen LogP contribution is -2.26. The number of hydrogen-bond donors (Lipinski definition) is 1. The highest BCUT2D eigenvalue weighted by Crippen LogP contribution is 2.20. The maximum absolute atomic E-state index is 13.0. The van der Waals surface area contributed by atoms with Crippen molar-refractivity contribution in [2.75, 3.05) is 0 Å². The molecule has 82 valence electrons. The van der Waals surface area contributed by atoms with Gasteiger partial charge in [0.15, 0.2) is 0 Å². The molecule has 0 bridgehead atoms. The molecule has 1 N–H and O–H groups in total. The number of benzene rings is 1. The van der Waals surface area contributed by atoms with E-state index in [1.807, 2.05) is 0 Å². The second-order valence-electron chi connectivity index (χ2n) is 2.63. The lowest BCUT2D eigenvalue weighted by molar-refractivity contribution is -0.139. The molecule has 0 radical (unpaired) electrons. The van der Waals surface area contributed by atoms with Gasteiger partial charge in [-0.05, 0) is 12.1 Å². The molecule has 1 aromatic carbocycles. The lowest BCUT2D eigenvalue weighted by Gasteiger charge is -2.06. The molecule has 0 aliphatic carbocycles. The summed E-state index contributed by atoms with van der Waals surface area (Å²) >= 11 is 0. The van der Waals surface area contributed by atoms with Crippen molar-refractivity contribution in [2.45, 2.75) is 10.4 Å². The smallest absolute Gasteiger partial charge is 0.354 e. The second kappa shape index (κ2) is 3.93. The Kier molecular flexibility index (Phi) is 3.04. The van der Waals surface area contributed by atoms with Crippen LogP contribution in [0.5, 0.6) is 0 Å². The first kappa shape index (κ1) is 11.6. The molecular formula is C8H6F2O4S. The van der Waals surface area contributed by atoms with E-state index in [1.54, 1.807) is 0 Å². The topological polar surface area (TPSA) is 71.4 Å². The number of hydrogen-bond acceptors (Lipinski definition) is 3. The monoisotopic (exact) mass is 236 g/mol. The van der Waals surface area contributed by atoms with E-state index >= 15 is 0 Å². The van der Waals surface area contributed by atoms with Gasteiger partial charge in [0.25, 0.3) is 0 Å². The van der Waals surface area contributed by atoms with Crippen LogP contribution in [-0.4, -0.2) is 25.0 Å². The highest BCUT2D eigenvalue weighted by molar-refractivity contribution is 7.92. The fraction of sp³-hybridized carbons (Fsp3) is 0.125. The zero-order valence-electron chi connectivity index (χ0n) is 7.22. The van der Waals surface area contributed by atoms with Crippen LogP contribution in [0.2, 0.25) is 0 Å². The first-order valence-electron chi connectivity index (χ1n) is 3.72. The predicted octanol–water partition coefficient (Wildman–Crippen LogP) is 0.980. The standard InChI is InChI=1S/C8H6F2O4S/c9-5-3-1-2-4-6(5)15(13,14)7(10)8(11)12/h1-4,7H,(H,11,12). The molecule has 0 aliphatic heterocycles. The molecule has 1 atom stereocenters. The molecule has 0 aromatic heterocycles. The zero-order chi connectivity index (χ0) is 11.6. The van der Waals surface area contributed by atoms with Crippen molar-refractivity contribution in [3.05, 3.63) is 30.1 Å². The van der Waals surface area contributed by atoms with E-state index in [1.165, 1.54) is 12.1 Å². The van der Waals surface area contributed by atoms with Gasteiger partial charge in [-0.2, -0.15) is 0 Å². The van der Waals surface area contributed by atoms with E-state index in [-0.39, 0.29) is 0 Å². The normalized spacial score (nSPS) is 13.5. The van der Waals surface area contributed by atoms with Gasteiger partial charge in [0.2, 0.25) is 9.84 Å². The number of halogens is 2. The third-order valence-electron chi connectivity index (χ3n) is 1.61. The van der Waals surface area contributed by atoms with Crippen molar-refractivity contribution in [1.82, 2.24) is 0 Å². The molecule has 0 saturated heterocycles. The summed E-state index contributed by atoms with van der Waals surface area (Å²) in [6, 6.07) is 3.99. The lowest BCUT2D eigenvalue weighted by atomic mass is 10.3. The molecule has 1 aromatic rings. The SMILES string of the molecule is O=C(O)C(F)S(=O)(=O)c1ccccc1F. The van der Waals surface area contributed by atoms with Gasteiger partial charge in [0, 0.05) is 0 Å². The van der Waals surface area contributed by atoms with Crippen molar-refractivity contribution in [2.24, 2.45) is 0 Å². The summed E-state index contributed by atoms with van der Waals surface area (Å²) in [5, 5.41) is 8.19. The van der Waals surface area contributed by atoms with Gasteiger partial charge in [-0.15, -0.1) is 0 Å². The third kappa shape index (κ3) is 2.12. The summed E-state index contributed by atoms with van der Waals surface area (Å²) in [6.45, 7) is 0. The van der Waals surface area contributed by atoms with Crippen LogP contribution in [0.15, 0.2) is 29.2 Å². The molecule has 1 rings (SSSR count). The molecule has 0 spiro atoms. The first-order valence-corrected chi connectivity index (χ1v) is 5.27. The van der Waals surface area contributed by atoms with Gasteiger partial charge in [-0.25, -0.2) is 22.0 Å². The molecule has 7 heteroatoms. The summed E-state index contributed by atoms with van der Waals surface area (Å²) in [5.74, 6) is -3.35. The second-order valence-corrected chi connectivity index (χ2v) is 4.57. The molecule has 1 unspecified atom stereocenters. The van der Waals surface area contributed by atoms with Crippen molar-refractivity contribution in [1.29, 1.82) is 0 Å². The van der Waals surface area contributed by atoms with Gasteiger partial charge in [-0.3, -0.25) is 0 Å². The highest BCUT2D eigenvalue weighted by Gasteiger charge is 2.35. The number of sulfone groups is 1. The Hall–Kier alpha value is -1.50. The van der Waals surface area contributed by atoms with E-state index in [2.05, 4.69) is 0 Å². The van der Waals surface area contributed by atoms with Crippen LogP contribution < -0.4 is 0 Å². The van der Waals surface area contributed by atoms with E-state index in [9.17, 15) is 22.0 Å². The minimum atomic E-state index is -4.81. The fourth-order valence-corrected chi connectivity index (χ4v) is 2.02. The quantitative estimate of drug-likeness (QED) is 0.849. The van der Waals surface area contributed by atoms with E-state index in [0.717, 1.165) is 12.1 Å². The van der Waals surface area contributed by atoms with Crippen LogP contribution >= 0.6 is 0 Å². The Morgan fingerprint density at radius 2 is 1.87 bits per heavy atom. The third-order valence-corrected chi connectivity index (χ3v) is 3.30. The van der Waals surface area contributed by atoms with E-state index < -0.39 is 32.0 Å². The van der Waals surface area contributed by atoms with Crippen LogP contribution in [-0.2, 0) is 14.6 Å². The number of carbonyl (C=O) groups is 1. The van der Waals surface area contributed by atoms with Gasteiger partial charge in [0.05, 0.1) is 0 Å². The Labute approximate surface area is 84.1 Å². The number of carboxylic acids is 1. The maximum Gasteiger partial charge on any atom is 0.354 e. The molecule has 0 fully saturated rings. The van der Waals surface area contributed by atoms with Crippen LogP contribution in [0, 0.1) is 5.82 Å². The predicted molar refractivity (Wildman–Crippen MR) is 46.1 cm³/mol. The number of aliphatic carboxylic acids is 1. The average Bonchev–Trinajstić information content (AvgIpc) is 2.16. The average molecular weight is 236 g/mol. The summed E-state index contributed by atoms with van der Waals surface area (Å²) in [4.78, 5) is 9.20. The van der Waals surface area contributed by atoms with Gasteiger partial charge < -0.3 is 5.11 Å². The molecular weight excluding hydrogens is 230 g/mol. The number of alkyl halides is 1. The summed E-state index contributed by atoms with van der Waals surface area (Å²) in [5.41, 5.74) is -3.16. The largest absolute Gasteiger partial charge is 0.478 e. The number of carboxylic acid groups (broad SMARTS) is 1. The highest BCUT2D eigenvalue weighted by atomic mass is 32.2. The molecule has 0 aliphatic rings. The summed E-state index contributed by atoms with van der Waals surface area (Å²) in [6.07, 6.45) is 0. The van der Waals surface area contributed by atoms with Crippen LogP contribution in [0.3, 0.4) is 0 Å². The Morgan fingerprint density at radius 1 is 1.33 bits per heavy atom. The number of rotatable bonds is 3. The van der Waals surface area contributed by atoms with Crippen molar-refractivity contribution in [3.63, 3.8) is 0 Å². The summed E-state index contributed by atoms with van der Waals surface area (Å²) in [7, 11) is -4.81. The van der Waals surface area contributed by atoms with Gasteiger partial charge >= 0.3 is 11.5 Å². The van der Waals surface area contributed by atoms with E-state index in [4.69, 9.17) is 5.11 Å². The molecule has 0 amide bonds. The molecule has 0 saturated carbocycles. The first-order chi connectivity index (χ1) is 6.87. The maximum atomic E-state index is 13.0. The van der Waals surface area contributed by atoms with Crippen LogP contribution in [0.4, 0.5) is 8.78 Å². The van der Waals surface area contributed by atoms with E-state index in [0.29, 0.717) is 0 Å². The van der Waals surface area contributed by atoms with Crippen molar-refractivity contribution >= 4 is 15.8 Å². The molecule has 4 nitrogen and oxygen atoms in total. The Bertz CT molecular complexity index is 483. The minimum absolute atomic E-state index is 0.806. The molecule has 0 heterocycles. The fourth-order valence-electron chi connectivity index (χ4n) is 0.920. The van der Waals surface area contributed by atoms with Crippen molar-refractivity contribution < 1.29 is 27.1 Å². The zero-order valence-corrected chi connectivity index (χ0v) is 8.04. The Morgan fingerprint density at radius 3 is 2.33 bits per heavy atom. The van der Waals surface area contributed by atoms with Crippen LogP contribution in [0.1, 0.15) is 0 Å². The van der Waals surface area contributed by atoms with Gasteiger partial charge in [-0.1, -0.05) is 12.1 Å². The Balaban J connectivity index is 3.30.